The van der Waals surface area contributed by atoms with Crippen LogP contribution in [-0.4, -0.2) is 52.8 Å². The van der Waals surface area contributed by atoms with E-state index in [1.165, 1.54) is 23.0 Å². The molecule has 0 unspecified atom stereocenters. The van der Waals surface area contributed by atoms with E-state index < -0.39 is 23.6 Å². The number of nitrogens with one attached hydrogen (secondary N) is 1. The second-order valence-electron chi connectivity index (χ2n) is 8.44. The molecule has 0 bridgehead atoms. The van der Waals surface area contributed by atoms with Gasteiger partial charge in [0.25, 0.3) is 11.8 Å². The Hall–Kier alpha value is -3.18. The van der Waals surface area contributed by atoms with Crippen LogP contribution >= 0.6 is 11.6 Å². The quantitative estimate of drug-likeness (QED) is 0.398. The molecule has 3 aromatic rings. The van der Waals surface area contributed by atoms with Crippen molar-refractivity contribution in [2.45, 2.75) is 18.5 Å². The van der Waals surface area contributed by atoms with Crippen LogP contribution in [0.15, 0.2) is 48.7 Å². The molecule has 2 aromatic carbocycles. The Morgan fingerprint density at radius 2 is 2.00 bits per heavy atom. The van der Waals surface area contributed by atoms with Gasteiger partial charge in [-0.05, 0) is 36.4 Å². The van der Waals surface area contributed by atoms with Gasteiger partial charge in [-0.3, -0.25) is 14.4 Å². The maximum Gasteiger partial charge on any atom is 0.416 e. The molecule has 2 heterocycles. The summed E-state index contributed by atoms with van der Waals surface area (Å²) in [5.74, 6) is -3.05. The van der Waals surface area contributed by atoms with Crippen molar-refractivity contribution in [3.05, 3.63) is 64.8 Å². The molecule has 0 saturated carbocycles. The third-order valence-electron chi connectivity index (χ3n) is 5.75. The largest absolute Gasteiger partial charge is 0.492 e. The molecule has 6 nitrogen and oxygen atoms in total. The molecule has 1 fully saturated rings. The van der Waals surface area contributed by atoms with Gasteiger partial charge < -0.3 is 10.1 Å². The Morgan fingerprint density at radius 3 is 2.64 bits per heavy atom. The Bertz CT molecular complexity index is 1240. The number of hydrogen-bond acceptors (Lipinski definition) is 4. The minimum absolute atomic E-state index is 0.133. The second-order valence-corrected chi connectivity index (χ2v) is 8.85. The van der Waals surface area contributed by atoms with Crippen LogP contribution in [0.2, 0.25) is 5.02 Å². The molecule has 0 atom stereocenters. The van der Waals surface area contributed by atoms with Gasteiger partial charge in [0, 0.05) is 43.4 Å². The van der Waals surface area contributed by atoms with Crippen molar-refractivity contribution in [2.75, 3.05) is 31.6 Å². The molecule has 0 spiro atoms. The Morgan fingerprint density at radius 1 is 1.22 bits per heavy atom. The molecule has 1 N–H and O–H groups in total. The third-order valence-corrected chi connectivity index (χ3v) is 6.03. The Balaban J connectivity index is 1.55. The lowest BCUT2D eigenvalue weighted by Gasteiger charge is -2.18. The summed E-state index contributed by atoms with van der Waals surface area (Å²) in [6.07, 6.45) is -3.34. The van der Waals surface area contributed by atoms with Crippen molar-refractivity contribution in [1.29, 1.82) is 0 Å². The lowest BCUT2D eigenvalue weighted by molar-refractivity contribution is -0.137. The van der Waals surface area contributed by atoms with E-state index in [1.807, 2.05) is 0 Å². The molecule has 192 valence electrons. The fraction of sp³-hybridized carbons (Fsp3) is 0.333. The number of aromatic nitrogens is 2. The molecule has 4 rings (SSSR count). The van der Waals surface area contributed by atoms with Crippen molar-refractivity contribution >= 4 is 23.2 Å². The molecular formula is C24H22ClF5N4O2. The van der Waals surface area contributed by atoms with E-state index in [9.17, 15) is 26.7 Å². The minimum atomic E-state index is -4.58. The van der Waals surface area contributed by atoms with Crippen LogP contribution in [-0.2, 0) is 13.2 Å². The van der Waals surface area contributed by atoms with E-state index in [2.05, 4.69) is 10.4 Å². The first-order valence-electron chi connectivity index (χ1n) is 11.0. The number of carbonyl (C=O) groups is 1. The highest BCUT2D eigenvalue weighted by atomic mass is 35.5. The first kappa shape index (κ1) is 25.9. The molecule has 1 amide bonds. The third kappa shape index (κ3) is 5.96. The Labute approximate surface area is 208 Å². The first-order valence-corrected chi connectivity index (χ1v) is 11.3. The normalized spacial score (nSPS) is 15.8. The van der Waals surface area contributed by atoms with E-state index in [-0.39, 0.29) is 37.4 Å². The molecular weight excluding hydrogens is 507 g/mol. The molecule has 0 aliphatic carbocycles. The van der Waals surface area contributed by atoms with Crippen LogP contribution in [0.25, 0.3) is 11.3 Å². The zero-order chi connectivity index (χ0) is 26.1. The van der Waals surface area contributed by atoms with Gasteiger partial charge in [0.05, 0.1) is 29.0 Å². The number of halogens is 6. The summed E-state index contributed by atoms with van der Waals surface area (Å²) in [6, 6.07) is 8.75. The number of aryl methyl sites for hydroxylation is 1. The number of likely N-dealkylation sites (tertiary alicyclic amines) is 1. The summed E-state index contributed by atoms with van der Waals surface area (Å²) in [5, 5.41) is 7.00. The zero-order valence-electron chi connectivity index (χ0n) is 19.1. The maximum atomic E-state index is 13.4. The van der Waals surface area contributed by atoms with Crippen molar-refractivity contribution in [3.8, 4) is 17.0 Å². The van der Waals surface area contributed by atoms with Crippen LogP contribution in [0.1, 0.15) is 22.3 Å². The number of ether oxygens (including phenoxy) is 1. The molecule has 1 aromatic heterocycles. The Kier molecular flexibility index (Phi) is 7.24. The second kappa shape index (κ2) is 10.1. The van der Waals surface area contributed by atoms with Gasteiger partial charge in [0.1, 0.15) is 12.4 Å². The van der Waals surface area contributed by atoms with Gasteiger partial charge in [-0.2, -0.15) is 18.3 Å². The topological polar surface area (TPSA) is 59.4 Å². The number of nitrogens with zero attached hydrogens (tertiary/aromatic N) is 3. The number of anilines is 1. The lowest BCUT2D eigenvalue weighted by atomic mass is 10.1. The summed E-state index contributed by atoms with van der Waals surface area (Å²) in [6.45, 7) is 0.380. The highest BCUT2D eigenvalue weighted by Gasteiger charge is 2.37. The van der Waals surface area contributed by atoms with Crippen molar-refractivity contribution in [3.63, 3.8) is 0 Å². The number of amides is 1. The fourth-order valence-corrected chi connectivity index (χ4v) is 4.22. The maximum absolute atomic E-state index is 13.4. The summed E-state index contributed by atoms with van der Waals surface area (Å²) in [5.41, 5.74) is 0.143. The van der Waals surface area contributed by atoms with Gasteiger partial charge in [0.15, 0.2) is 0 Å². The molecule has 1 aliphatic heterocycles. The predicted octanol–water partition coefficient (Wildman–Crippen LogP) is 5.73. The zero-order valence-corrected chi connectivity index (χ0v) is 19.8. The fourth-order valence-electron chi connectivity index (χ4n) is 3.95. The van der Waals surface area contributed by atoms with Crippen LogP contribution in [0.4, 0.5) is 27.6 Å². The van der Waals surface area contributed by atoms with Gasteiger partial charge >= 0.3 is 6.18 Å². The van der Waals surface area contributed by atoms with Gasteiger partial charge in [-0.25, -0.2) is 8.78 Å². The van der Waals surface area contributed by atoms with Crippen LogP contribution in [0.3, 0.4) is 0 Å². The highest BCUT2D eigenvalue weighted by Crippen LogP contribution is 2.37. The number of benzene rings is 2. The van der Waals surface area contributed by atoms with E-state index in [4.69, 9.17) is 16.3 Å². The number of hydrogen-bond donors (Lipinski definition) is 1. The number of carbonyl (C=O) groups excluding carboxylic acids is 1. The van der Waals surface area contributed by atoms with Crippen LogP contribution in [0.5, 0.6) is 5.75 Å². The van der Waals surface area contributed by atoms with Gasteiger partial charge in [0.2, 0.25) is 0 Å². The summed E-state index contributed by atoms with van der Waals surface area (Å²) < 4.78 is 73.3. The average molecular weight is 529 g/mol. The van der Waals surface area contributed by atoms with Gasteiger partial charge in [-0.15, -0.1) is 0 Å². The average Bonchev–Trinajstić information content (AvgIpc) is 3.34. The smallest absolute Gasteiger partial charge is 0.416 e. The van der Waals surface area contributed by atoms with Crippen LogP contribution < -0.4 is 10.1 Å². The number of rotatable bonds is 7. The summed E-state index contributed by atoms with van der Waals surface area (Å²) in [4.78, 5) is 14.3. The van der Waals surface area contributed by atoms with E-state index in [0.29, 0.717) is 28.6 Å². The van der Waals surface area contributed by atoms with Crippen LogP contribution in [0, 0.1) is 0 Å². The SMILES string of the molecule is Cn1ncc(Cl)c1-c1cc(NC(=O)c2cccc(C(F)(F)F)c2)ccc1OCCN1CCC(F)(F)C1. The monoisotopic (exact) mass is 528 g/mol. The van der Waals surface area contributed by atoms with Crippen molar-refractivity contribution < 1.29 is 31.5 Å². The molecule has 12 heteroatoms. The molecule has 1 aliphatic rings. The molecule has 0 radical (unpaired) electrons. The predicted molar refractivity (Wildman–Crippen MR) is 125 cm³/mol. The highest BCUT2D eigenvalue weighted by molar-refractivity contribution is 6.33. The van der Waals surface area contributed by atoms with Crippen molar-refractivity contribution in [2.24, 2.45) is 7.05 Å². The molecule has 1 saturated heterocycles. The van der Waals surface area contributed by atoms with Crippen molar-refractivity contribution in [1.82, 2.24) is 14.7 Å². The number of alkyl halides is 5. The van der Waals surface area contributed by atoms with Gasteiger partial charge in [-0.1, -0.05) is 17.7 Å². The first-order chi connectivity index (χ1) is 16.9. The van der Waals surface area contributed by atoms with E-state index in [1.54, 1.807) is 24.1 Å². The standard InChI is InChI=1S/C24H22ClF5N4O2/c1-33-21(19(25)13-31-33)18-12-17(32-22(35)15-3-2-4-16(11-15)24(28,29)30)5-6-20(18)36-10-9-34-8-7-23(26,27)14-34/h2-6,11-13H,7-10,14H2,1H3,(H,32,35). The van der Waals surface area contributed by atoms with E-state index >= 15 is 0 Å². The summed E-state index contributed by atoms with van der Waals surface area (Å²) in [7, 11) is 1.66. The van der Waals surface area contributed by atoms with E-state index in [0.717, 1.165) is 18.2 Å². The molecule has 36 heavy (non-hydrogen) atoms. The summed E-state index contributed by atoms with van der Waals surface area (Å²) >= 11 is 6.31. The minimum Gasteiger partial charge on any atom is -0.492 e. The lowest BCUT2D eigenvalue weighted by Crippen LogP contribution is -2.29.